The molecule has 0 atom stereocenters. The van der Waals surface area contributed by atoms with Crippen molar-refractivity contribution in [1.29, 1.82) is 0 Å². The molecule has 0 fully saturated rings. The maximum atomic E-state index is 12.5. The number of nitrogens with zero attached hydrogens (tertiary/aromatic N) is 3. The van der Waals surface area contributed by atoms with Crippen LogP contribution in [0.3, 0.4) is 0 Å². The van der Waals surface area contributed by atoms with E-state index in [4.69, 9.17) is 0 Å². The van der Waals surface area contributed by atoms with Gasteiger partial charge in [0, 0.05) is 19.2 Å². The first-order valence-electron chi connectivity index (χ1n) is 9.00. The van der Waals surface area contributed by atoms with Crippen molar-refractivity contribution in [2.24, 2.45) is 0 Å². The second kappa shape index (κ2) is 6.93. The first-order chi connectivity index (χ1) is 13.9. The molecule has 0 saturated carbocycles. The fraction of sp³-hybridized carbons (Fsp3) is 0.200. The second-order valence-electron chi connectivity index (χ2n) is 6.73. The lowest BCUT2D eigenvalue weighted by atomic mass is 10.1. The number of benzene rings is 2. The maximum Gasteiger partial charge on any atom is 0.282 e. The van der Waals surface area contributed by atoms with Crippen LogP contribution >= 0.6 is 0 Å². The van der Waals surface area contributed by atoms with Crippen molar-refractivity contribution in [3.05, 3.63) is 74.8 Å². The normalized spacial score (nSPS) is 15.2. The molecule has 0 bridgehead atoms. The topological polar surface area (TPSA) is 118 Å². The molecule has 29 heavy (non-hydrogen) atoms. The summed E-state index contributed by atoms with van der Waals surface area (Å²) < 4.78 is 0. The number of imide groups is 2. The van der Waals surface area contributed by atoms with Gasteiger partial charge in [-0.1, -0.05) is 18.2 Å². The monoisotopic (exact) mass is 393 g/mol. The third-order valence-corrected chi connectivity index (χ3v) is 5.07. The van der Waals surface area contributed by atoms with Crippen LogP contribution in [0.1, 0.15) is 54.3 Å². The highest BCUT2D eigenvalue weighted by Gasteiger charge is 2.40. The van der Waals surface area contributed by atoms with Crippen LogP contribution in [0.5, 0.6) is 0 Å². The van der Waals surface area contributed by atoms with E-state index in [1.807, 2.05) is 0 Å². The van der Waals surface area contributed by atoms with Gasteiger partial charge < -0.3 is 0 Å². The Morgan fingerprint density at radius 3 is 1.72 bits per heavy atom. The molecule has 2 heterocycles. The van der Waals surface area contributed by atoms with Crippen LogP contribution < -0.4 is 0 Å². The van der Waals surface area contributed by atoms with Gasteiger partial charge in [0.05, 0.1) is 21.6 Å². The molecule has 2 aliphatic rings. The second-order valence-corrected chi connectivity index (χ2v) is 6.73. The van der Waals surface area contributed by atoms with Gasteiger partial charge in [-0.05, 0) is 31.0 Å². The highest BCUT2D eigenvalue weighted by atomic mass is 16.6. The van der Waals surface area contributed by atoms with Gasteiger partial charge in [-0.3, -0.25) is 39.1 Å². The molecule has 9 heteroatoms. The van der Waals surface area contributed by atoms with Crippen molar-refractivity contribution in [3.63, 3.8) is 0 Å². The number of hydrogen-bond acceptors (Lipinski definition) is 6. The number of amides is 4. The van der Waals surface area contributed by atoms with Gasteiger partial charge in [0.2, 0.25) is 0 Å². The van der Waals surface area contributed by atoms with E-state index >= 15 is 0 Å². The van der Waals surface area contributed by atoms with Crippen molar-refractivity contribution >= 4 is 29.3 Å². The van der Waals surface area contributed by atoms with Crippen molar-refractivity contribution in [2.75, 3.05) is 13.1 Å². The Hall–Kier alpha value is -3.88. The molecule has 0 unspecified atom stereocenters. The fourth-order valence-corrected chi connectivity index (χ4v) is 3.65. The van der Waals surface area contributed by atoms with E-state index in [1.165, 1.54) is 18.2 Å². The van der Waals surface area contributed by atoms with E-state index in [0.29, 0.717) is 24.0 Å². The van der Waals surface area contributed by atoms with Crippen LogP contribution in [-0.4, -0.2) is 51.4 Å². The summed E-state index contributed by atoms with van der Waals surface area (Å²) in [6.45, 7) is 0.211. The quantitative estimate of drug-likeness (QED) is 0.321. The Kier molecular flexibility index (Phi) is 4.42. The number of nitro benzene ring substituents is 1. The van der Waals surface area contributed by atoms with Crippen LogP contribution in [0, 0.1) is 10.1 Å². The van der Waals surface area contributed by atoms with Crippen molar-refractivity contribution in [1.82, 2.24) is 9.80 Å². The zero-order valence-electron chi connectivity index (χ0n) is 15.2. The number of fused-ring (bicyclic) bond motifs is 2. The summed E-state index contributed by atoms with van der Waals surface area (Å²) in [6, 6.07) is 10.5. The fourth-order valence-electron chi connectivity index (χ4n) is 3.65. The van der Waals surface area contributed by atoms with E-state index in [9.17, 15) is 29.3 Å². The molecule has 2 aromatic carbocycles. The average molecular weight is 393 g/mol. The summed E-state index contributed by atoms with van der Waals surface area (Å²) in [5, 5.41) is 11.1. The molecular formula is C20H15N3O6. The largest absolute Gasteiger partial charge is 0.282 e. The third-order valence-electron chi connectivity index (χ3n) is 5.07. The van der Waals surface area contributed by atoms with E-state index in [0.717, 1.165) is 9.80 Å². The van der Waals surface area contributed by atoms with Gasteiger partial charge in [0.25, 0.3) is 29.3 Å². The lowest BCUT2D eigenvalue weighted by molar-refractivity contribution is -0.385. The van der Waals surface area contributed by atoms with Crippen LogP contribution in [0.15, 0.2) is 42.5 Å². The minimum absolute atomic E-state index is 0.0181. The molecule has 9 nitrogen and oxygen atoms in total. The van der Waals surface area contributed by atoms with Gasteiger partial charge in [0.15, 0.2) is 0 Å². The molecular weight excluding hydrogens is 378 g/mol. The van der Waals surface area contributed by atoms with Gasteiger partial charge >= 0.3 is 0 Å². The number of rotatable bonds is 6. The molecule has 4 rings (SSSR count). The summed E-state index contributed by atoms with van der Waals surface area (Å²) in [4.78, 5) is 62.2. The molecule has 2 aliphatic heterocycles. The molecule has 0 aromatic heterocycles. The standard InChI is InChI=1S/C20H15N3O6/c24-17-12-6-1-2-7-13(12)18(25)21(17)10-3-4-11-22-19(26)14-8-5-9-15(23(28)29)16(14)20(22)27/h1-2,5-9H,3-4,10-11H2. The van der Waals surface area contributed by atoms with Crippen molar-refractivity contribution in [2.45, 2.75) is 12.8 Å². The summed E-state index contributed by atoms with van der Waals surface area (Å²) in [5.41, 5.74) is 0.164. The molecule has 0 N–H and O–H groups in total. The van der Waals surface area contributed by atoms with Gasteiger partial charge in [-0.15, -0.1) is 0 Å². The van der Waals surface area contributed by atoms with Gasteiger partial charge in [-0.25, -0.2) is 0 Å². The van der Waals surface area contributed by atoms with Crippen LogP contribution in [0.25, 0.3) is 0 Å². The van der Waals surface area contributed by atoms with E-state index in [-0.39, 0.29) is 36.0 Å². The van der Waals surface area contributed by atoms with E-state index in [2.05, 4.69) is 0 Å². The van der Waals surface area contributed by atoms with Gasteiger partial charge in [0.1, 0.15) is 5.56 Å². The number of carbonyl (C=O) groups is 4. The van der Waals surface area contributed by atoms with Crippen molar-refractivity contribution < 1.29 is 24.1 Å². The Morgan fingerprint density at radius 2 is 1.17 bits per heavy atom. The Morgan fingerprint density at radius 1 is 0.690 bits per heavy atom. The maximum absolute atomic E-state index is 12.5. The molecule has 0 spiro atoms. The molecule has 4 amide bonds. The van der Waals surface area contributed by atoms with Gasteiger partial charge in [-0.2, -0.15) is 0 Å². The highest BCUT2D eigenvalue weighted by Crippen LogP contribution is 2.31. The van der Waals surface area contributed by atoms with E-state index < -0.39 is 22.4 Å². The summed E-state index contributed by atoms with van der Waals surface area (Å²) in [5.74, 6) is -1.99. The lowest BCUT2D eigenvalue weighted by Crippen LogP contribution is -2.33. The van der Waals surface area contributed by atoms with E-state index in [1.54, 1.807) is 24.3 Å². The smallest absolute Gasteiger partial charge is 0.274 e. The Bertz CT molecular complexity index is 1060. The minimum atomic E-state index is -0.696. The summed E-state index contributed by atoms with van der Waals surface area (Å²) in [7, 11) is 0. The number of hydrogen-bond donors (Lipinski definition) is 0. The molecule has 146 valence electrons. The summed E-state index contributed by atoms with van der Waals surface area (Å²) >= 11 is 0. The van der Waals surface area contributed by atoms with Crippen molar-refractivity contribution in [3.8, 4) is 0 Å². The number of unbranched alkanes of at least 4 members (excludes halogenated alkanes) is 1. The molecule has 0 saturated heterocycles. The first kappa shape index (κ1) is 18.5. The predicted molar refractivity (Wildman–Crippen MR) is 99.5 cm³/mol. The Labute approximate surface area is 164 Å². The van der Waals surface area contributed by atoms with Crippen LogP contribution in [0.2, 0.25) is 0 Å². The molecule has 0 radical (unpaired) electrons. The zero-order chi connectivity index (χ0) is 20.7. The van der Waals surface area contributed by atoms with Crippen LogP contribution in [-0.2, 0) is 0 Å². The first-order valence-corrected chi connectivity index (χ1v) is 9.00. The zero-order valence-corrected chi connectivity index (χ0v) is 15.2. The SMILES string of the molecule is O=C1c2ccccc2C(=O)N1CCCCN1C(=O)c2cccc([N+](=O)[O-])c2C1=O. The Balaban J connectivity index is 1.39. The molecule has 0 aliphatic carbocycles. The predicted octanol–water partition coefficient (Wildman–Crippen LogP) is 2.27. The number of carbonyl (C=O) groups excluding carboxylic acids is 4. The average Bonchev–Trinajstić information content (AvgIpc) is 3.11. The minimum Gasteiger partial charge on any atom is -0.274 e. The summed E-state index contributed by atoms with van der Waals surface area (Å²) in [6.07, 6.45) is 0.744. The third kappa shape index (κ3) is 2.87. The number of nitro groups is 1. The lowest BCUT2D eigenvalue weighted by Gasteiger charge is -2.16. The highest BCUT2D eigenvalue weighted by molar-refractivity contribution is 6.23. The van der Waals surface area contributed by atoms with Crippen LogP contribution in [0.4, 0.5) is 5.69 Å². The molecule has 2 aromatic rings.